The first-order valence-electron chi connectivity index (χ1n) is 13.3. The van der Waals surface area contributed by atoms with Crippen molar-refractivity contribution in [2.45, 2.75) is 57.1 Å². The Kier molecular flexibility index (Phi) is 10.2. The Morgan fingerprint density at radius 3 is 2.15 bits per heavy atom. The van der Waals surface area contributed by atoms with Gasteiger partial charge in [0.1, 0.15) is 0 Å². The van der Waals surface area contributed by atoms with Crippen molar-refractivity contribution in [3.8, 4) is 0 Å². The van der Waals surface area contributed by atoms with Gasteiger partial charge >= 0.3 is 5.97 Å². The van der Waals surface area contributed by atoms with E-state index < -0.39 is 24.5 Å². The number of benzene rings is 3. The van der Waals surface area contributed by atoms with Crippen LogP contribution in [0.3, 0.4) is 0 Å². The molecule has 3 N–H and O–H groups in total. The molecule has 1 fully saturated rings. The second-order valence-electron chi connectivity index (χ2n) is 10.1. The molecule has 1 atom stereocenters. The number of aliphatic carboxylic acids is 1. The van der Waals surface area contributed by atoms with Crippen molar-refractivity contribution in [3.63, 3.8) is 0 Å². The Morgan fingerprint density at radius 1 is 0.875 bits per heavy atom. The predicted molar refractivity (Wildman–Crippen MR) is 156 cm³/mol. The maximum atomic E-state index is 13.6. The van der Waals surface area contributed by atoms with Crippen LogP contribution < -0.4 is 10.2 Å². The van der Waals surface area contributed by atoms with Gasteiger partial charge in [-0.15, -0.1) is 0 Å². The summed E-state index contributed by atoms with van der Waals surface area (Å²) < 4.78 is 0. The number of amides is 2. The number of aliphatic hydroxyl groups is 1. The van der Waals surface area contributed by atoms with Crippen molar-refractivity contribution in [2.75, 3.05) is 11.4 Å². The van der Waals surface area contributed by atoms with Gasteiger partial charge < -0.3 is 20.4 Å². The van der Waals surface area contributed by atoms with Crippen LogP contribution in [0.15, 0.2) is 66.7 Å². The molecule has 2 amide bonds. The summed E-state index contributed by atoms with van der Waals surface area (Å²) in [7, 11) is 0. The largest absolute Gasteiger partial charge is 0.479 e. The Bertz CT molecular complexity index is 1340. The molecule has 3 aromatic carbocycles. The molecule has 0 bridgehead atoms. The number of carbonyl (C=O) groups excluding carboxylic acids is 2. The van der Waals surface area contributed by atoms with Crippen molar-refractivity contribution in [1.82, 2.24) is 5.32 Å². The maximum absolute atomic E-state index is 13.6. The SMILES string of the molecule is O=C(NC[C@@H](O)C(=O)O)c1ccc(CN(C(=O)Cc2ccc(Cl)c(Cl)c2)c2ccc(C3CCCCC3)cc2)cc1. The number of carboxylic acids is 1. The molecule has 3 aromatic rings. The monoisotopic (exact) mass is 582 g/mol. The highest BCUT2D eigenvalue weighted by Crippen LogP contribution is 2.34. The molecule has 9 heteroatoms. The van der Waals surface area contributed by atoms with Crippen LogP contribution in [0.25, 0.3) is 0 Å². The molecule has 0 unspecified atom stereocenters. The highest BCUT2D eigenvalue weighted by Gasteiger charge is 2.20. The van der Waals surface area contributed by atoms with Crippen LogP contribution in [0.2, 0.25) is 10.0 Å². The fourth-order valence-electron chi connectivity index (χ4n) is 4.93. The van der Waals surface area contributed by atoms with Gasteiger partial charge in [0.2, 0.25) is 5.91 Å². The molecular weight excluding hydrogens is 551 g/mol. The molecule has 0 aliphatic heterocycles. The molecule has 0 heterocycles. The van der Waals surface area contributed by atoms with E-state index in [0.29, 0.717) is 21.5 Å². The zero-order chi connectivity index (χ0) is 28.6. The lowest BCUT2D eigenvalue weighted by molar-refractivity contribution is -0.146. The van der Waals surface area contributed by atoms with Crippen molar-refractivity contribution in [2.24, 2.45) is 0 Å². The van der Waals surface area contributed by atoms with Crippen molar-refractivity contribution >= 4 is 46.7 Å². The Labute approximate surface area is 243 Å². The molecule has 40 heavy (non-hydrogen) atoms. The third kappa shape index (κ3) is 7.84. The molecule has 7 nitrogen and oxygen atoms in total. The van der Waals surface area contributed by atoms with E-state index in [9.17, 15) is 19.5 Å². The number of hydrogen-bond donors (Lipinski definition) is 3. The number of nitrogens with one attached hydrogen (secondary N) is 1. The number of carboxylic acid groups (broad SMARTS) is 1. The summed E-state index contributed by atoms with van der Waals surface area (Å²) in [6.45, 7) is -0.119. The van der Waals surface area contributed by atoms with Gasteiger partial charge in [0.15, 0.2) is 6.10 Å². The fraction of sp³-hybridized carbons (Fsp3) is 0.323. The normalized spacial score (nSPS) is 14.4. The van der Waals surface area contributed by atoms with Gasteiger partial charge in [-0.1, -0.05) is 72.8 Å². The van der Waals surface area contributed by atoms with E-state index in [1.54, 1.807) is 47.4 Å². The quantitative estimate of drug-likeness (QED) is 0.272. The highest BCUT2D eigenvalue weighted by atomic mass is 35.5. The van der Waals surface area contributed by atoms with E-state index in [4.69, 9.17) is 28.3 Å². The van der Waals surface area contributed by atoms with E-state index in [2.05, 4.69) is 17.4 Å². The minimum Gasteiger partial charge on any atom is -0.479 e. The van der Waals surface area contributed by atoms with Crippen LogP contribution in [-0.4, -0.2) is 40.6 Å². The van der Waals surface area contributed by atoms with Crippen LogP contribution in [0.5, 0.6) is 0 Å². The van der Waals surface area contributed by atoms with Gasteiger partial charge in [0.25, 0.3) is 5.91 Å². The molecule has 4 rings (SSSR count). The summed E-state index contributed by atoms with van der Waals surface area (Å²) in [4.78, 5) is 38.4. The smallest absolute Gasteiger partial charge is 0.334 e. The number of aliphatic hydroxyl groups excluding tert-OH is 1. The summed E-state index contributed by atoms with van der Waals surface area (Å²) in [5, 5.41) is 21.4. The van der Waals surface area contributed by atoms with Gasteiger partial charge in [0.05, 0.1) is 29.6 Å². The third-order valence-electron chi connectivity index (χ3n) is 7.22. The fourth-order valence-corrected chi connectivity index (χ4v) is 5.25. The van der Waals surface area contributed by atoms with E-state index in [1.807, 2.05) is 12.1 Å². The first-order valence-corrected chi connectivity index (χ1v) is 14.1. The molecule has 1 aliphatic carbocycles. The summed E-state index contributed by atoms with van der Waals surface area (Å²) in [6.07, 6.45) is 4.61. The molecule has 0 radical (unpaired) electrons. The lowest BCUT2D eigenvalue weighted by atomic mass is 9.84. The van der Waals surface area contributed by atoms with Crippen LogP contribution >= 0.6 is 23.2 Å². The summed E-state index contributed by atoms with van der Waals surface area (Å²) >= 11 is 12.2. The van der Waals surface area contributed by atoms with Gasteiger partial charge in [-0.2, -0.15) is 0 Å². The second kappa shape index (κ2) is 13.8. The number of nitrogens with zero attached hydrogens (tertiary/aromatic N) is 1. The standard InChI is InChI=1S/C31H32Cl2N2O5/c32-26-15-8-21(16-27(26)33)17-29(37)35(25-13-11-23(12-14-25)22-4-2-1-3-5-22)19-20-6-9-24(10-7-20)30(38)34-18-28(36)31(39)40/h6-16,22,28,36H,1-5,17-19H2,(H,34,38)(H,39,40)/t28-/m1/s1. The Morgan fingerprint density at radius 2 is 1.52 bits per heavy atom. The maximum Gasteiger partial charge on any atom is 0.334 e. The van der Waals surface area contributed by atoms with Gasteiger partial charge in [-0.3, -0.25) is 9.59 Å². The number of rotatable bonds is 10. The Hall–Kier alpha value is -3.39. The minimum absolute atomic E-state index is 0.117. The van der Waals surface area contributed by atoms with Crippen LogP contribution in [-0.2, 0) is 22.6 Å². The number of halogens is 2. The molecule has 0 saturated heterocycles. The second-order valence-corrected chi connectivity index (χ2v) is 10.9. The molecular formula is C31H32Cl2N2O5. The average Bonchev–Trinajstić information content (AvgIpc) is 2.97. The summed E-state index contributed by atoms with van der Waals surface area (Å²) in [5.41, 5.74) is 3.93. The average molecular weight is 584 g/mol. The highest BCUT2D eigenvalue weighted by molar-refractivity contribution is 6.42. The number of carbonyl (C=O) groups is 3. The minimum atomic E-state index is -1.68. The predicted octanol–water partition coefficient (Wildman–Crippen LogP) is 5.99. The summed E-state index contributed by atoms with van der Waals surface area (Å²) in [6, 6.07) is 20.1. The van der Waals surface area contributed by atoms with Crippen LogP contribution in [0.4, 0.5) is 5.69 Å². The first-order chi connectivity index (χ1) is 19.2. The lowest BCUT2D eigenvalue weighted by Gasteiger charge is -2.26. The van der Waals surface area contributed by atoms with Crippen molar-refractivity contribution in [1.29, 1.82) is 0 Å². The summed E-state index contributed by atoms with van der Waals surface area (Å²) in [5.74, 6) is -1.47. The van der Waals surface area contributed by atoms with E-state index in [0.717, 1.165) is 16.8 Å². The van der Waals surface area contributed by atoms with Gasteiger partial charge in [-0.05, 0) is 71.8 Å². The zero-order valence-corrected chi connectivity index (χ0v) is 23.5. The van der Waals surface area contributed by atoms with Gasteiger partial charge in [0, 0.05) is 11.3 Å². The number of anilines is 1. The van der Waals surface area contributed by atoms with Gasteiger partial charge in [-0.25, -0.2) is 4.79 Å². The Balaban J connectivity index is 1.52. The van der Waals surface area contributed by atoms with E-state index >= 15 is 0 Å². The van der Waals surface area contributed by atoms with E-state index in [1.165, 1.54) is 37.7 Å². The molecule has 1 aliphatic rings. The molecule has 210 valence electrons. The first kappa shape index (κ1) is 29.6. The molecule has 0 aromatic heterocycles. The molecule has 0 spiro atoms. The zero-order valence-electron chi connectivity index (χ0n) is 22.0. The third-order valence-corrected chi connectivity index (χ3v) is 7.96. The van der Waals surface area contributed by atoms with Crippen molar-refractivity contribution in [3.05, 3.63) is 99.0 Å². The van der Waals surface area contributed by atoms with E-state index in [-0.39, 0.29) is 18.9 Å². The van der Waals surface area contributed by atoms with Crippen molar-refractivity contribution < 1.29 is 24.6 Å². The van der Waals surface area contributed by atoms with Crippen LogP contribution in [0.1, 0.15) is 65.1 Å². The molecule has 1 saturated carbocycles. The van der Waals surface area contributed by atoms with Crippen LogP contribution in [0, 0.1) is 0 Å². The lowest BCUT2D eigenvalue weighted by Crippen LogP contribution is -2.36. The topological polar surface area (TPSA) is 107 Å². The number of hydrogen-bond acceptors (Lipinski definition) is 4.